The van der Waals surface area contributed by atoms with Crippen molar-refractivity contribution in [2.75, 3.05) is 24.7 Å². The Morgan fingerprint density at radius 1 is 1.23 bits per heavy atom. The predicted octanol–water partition coefficient (Wildman–Crippen LogP) is 2.32. The van der Waals surface area contributed by atoms with Gasteiger partial charge in [-0.1, -0.05) is 12.1 Å². The summed E-state index contributed by atoms with van der Waals surface area (Å²) in [6.07, 6.45) is 1.90. The smallest absolute Gasteiger partial charge is 0.310 e. The SMILES string of the molecule is CC(C)OCCOC(=O)Cc1ccc(N2CCCC2=O)cc1. The van der Waals surface area contributed by atoms with Crippen molar-refractivity contribution in [3.05, 3.63) is 29.8 Å². The Hall–Kier alpha value is -1.88. The summed E-state index contributed by atoms with van der Waals surface area (Å²) in [5, 5.41) is 0. The molecule has 0 spiro atoms. The second-order valence-corrected chi connectivity index (χ2v) is 5.63. The third-order valence-corrected chi connectivity index (χ3v) is 3.47. The van der Waals surface area contributed by atoms with Gasteiger partial charge >= 0.3 is 5.97 Å². The maximum absolute atomic E-state index is 11.7. The molecule has 0 saturated carbocycles. The number of rotatable bonds is 7. The summed E-state index contributed by atoms with van der Waals surface area (Å²) < 4.78 is 10.4. The van der Waals surface area contributed by atoms with Crippen LogP contribution in [0.3, 0.4) is 0 Å². The first-order valence-corrected chi connectivity index (χ1v) is 7.73. The molecule has 2 rings (SSSR count). The molecule has 1 aromatic rings. The van der Waals surface area contributed by atoms with E-state index < -0.39 is 0 Å². The average Bonchev–Trinajstić information content (AvgIpc) is 2.90. The zero-order chi connectivity index (χ0) is 15.9. The van der Waals surface area contributed by atoms with Gasteiger partial charge in [-0.25, -0.2) is 0 Å². The first-order valence-electron chi connectivity index (χ1n) is 7.73. The van der Waals surface area contributed by atoms with Gasteiger partial charge in [0.2, 0.25) is 5.91 Å². The molecule has 1 amide bonds. The lowest BCUT2D eigenvalue weighted by molar-refractivity contribution is -0.144. The molecule has 1 fully saturated rings. The maximum atomic E-state index is 11.7. The Bertz CT molecular complexity index is 510. The second-order valence-electron chi connectivity index (χ2n) is 5.63. The van der Waals surface area contributed by atoms with E-state index in [4.69, 9.17) is 9.47 Å². The fourth-order valence-corrected chi connectivity index (χ4v) is 2.37. The van der Waals surface area contributed by atoms with E-state index in [0.29, 0.717) is 13.0 Å². The molecule has 1 heterocycles. The quantitative estimate of drug-likeness (QED) is 0.573. The molecular formula is C17H23NO4. The van der Waals surface area contributed by atoms with Crippen LogP contribution < -0.4 is 4.90 Å². The first kappa shape index (κ1) is 16.5. The first-order chi connectivity index (χ1) is 10.6. The van der Waals surface area contributed by atoms with E-state index >= 15 is 0 Å². The lowest BCUT2D eigenvalue weighted by atomic mass is 10.1. The third kappa shape index (κ3) is 4.84. The van der Waals surface area contributed by atoms with Crippen LogP contribution in [0.4, 0.5) is 5.69 Å². The highest BCUT2D eigenvalue weighted by Crippen LogP contribution is 2.21. The summed E-state index contributed by atoms with van der Waals surface area (Å²) >= 11 is 0. The van der Waals surface area contributed by atoms with Crippen LogP contribution in [0.2, 0.25) is 0 Å². The number of benzene rings is 1. The van der Waals surface area contributed by atoms with Crippen molar-refractivity contribution in [1.29, 1.82) is 0 Å². The standard InChI is InChI=1S/C17H23NO4/c1-13(2)21-10-11-22-17(20)12-14-5-7-15(8-6-14)18-9-3-4-16(18)19/h5-8,13H,3-4,9-12H2,1-2H3. The lowest BCUT2D eigenvalue weighted by Crippen LogP contribution is -2.23. The van der Waals surface area contributed by atoms with Gasteiger partial charge in [0.15, 0.2) is 0 Å². The zero-order valence-corrected chi connectivity index (χ0v) is 13.2. The van der Waals surface area contributed by atoms with Gasteiger partial charge in [0.25, 0.3) is 0 Å². The Balaban J connectivity index is 1.78. The molecule has 5 nitrogen and oxygen atoms in total. The van der Waals surface area contributed by atoms with Crippen LogP contribution in [-0.4, -0.2) is 37.7 Å². The van der Waals surface area contributed by atoms with E-state index in [0.717, 1.165) is 24.2 Å². The van der Waals surface area contributed by atoms with E-state index in [1.807, 2.05) is 38.1 Å². The van der Waals surface area contributed by atoms with Gasteiger partial charge in [-0.05, 0) is 38.0 Å². The van der Waals surface area contributed by atoms with Crippen LogP contribution in [0.1, 0.15) is 32.3 Å². The minimum Gasteiger partial charge on any atom is -0.463 e. The van der Waals surface area contributed by atoms with Gasteiger partial charge in [-0.2, -0.15) is 0 Å². The normalized spacial score (nSPS) is 14.7. The van der Waals surface area contributed by atoms with Crippen molar-refractivity contribution < 1.29 is 19.1 Å². The average molecular weight is 305 g/mol. The van der Waals surface area contributed by atoms with E-state index in [1.54, 1.807) is 4.90 Å². The number of carbonyl (C=O) groups excluding carboxylic acids is 2. The molecule has 1 aromatic carbocycles. The fraction of sp³-hybridized carbons (Fsp3) is 0.529. The van der Waals surface area contributed by atoms with E-state index in [9.17, 15) is 9.59 Å². The van der Waals surface area contributed by atoms with Gasteiger partial charge in [-0.3, -0.25) is 9.59 Å². The monoisotopic (exact) mass is 305 g/mol. The van der Waals surface area contributed by atoms with Crippen molar-refractivity contribution in [3.8, 4) is 0 Å². The van der Waals surface area contributed by atoms with Crippen LogP contribution in [0.15, 0.2) is 24.3 Å². The van der Waals surface area contributed by atoms with Gasteiger partial charge < -0.3 is 14.4 Å². The van der Waals surface area contributed by atoms with Crippen molar-refractivity contribution in [2.45, 2.75) is 39.2 Å². The molecule has 0 atom stereocenters. The Morgan fingerprint density at radius 3 is 2.55 bits per heavy atom. The van der Waals surface area contributed by atoms with Crippen LogP contribution in [0.5, 0.6) is 0 Å². The molecule has 0 unspecified atom stereocenters. The molecule has 0 radical (unpaired) electrons. The third-order valence-electron chi connectivity index (χ3n) is 3.47. The van der Waals surface area contributed by atoms with Gasteiger partial charge in [0.1, 0.15) is 6.61 Å². The Kier molecular flexibility index (Phi) is 5.95. The summed E-state index contributed by atoms with van der Waals surface area (Å²) in [7, 11) is 0. The van der Waals surface area contributed by atoms with Crippen LogP contribution in [0.25, 0.3) is 0 Å². The number of ether oxygens (including phenoxy) is 2. The van der Waals surface area contributed by atoms with Crippen molar-refractivity contribution in [2.24, 2.45) is 0 Å². The van der Waals surface area contributed by atoms with Crippen molar-refractivity contribution in [3.63, 3.8) is 0 Å². The van der Waals surface area contributed by atoms with E-state index in [1.165, 1.54) is 0 Å². The summed E-state index contributed by atoms with van der Waals surface area (Å²) in [5.41, 5.74) is 1.77. The summed E-state index contributed by atoms with van der Waals surface area (Å²) in [6, 6.07) is 7.50. The number of hydrogen-bond donors (Lipinski definition) is 0. The molecule has 0 bridgehead atoms. The molecule has 0 N–H and O–H groups in total. The molecule has 120 valence electrons. The van der Waals surface area contributed by atoms with E-state index in [2.05, 4.69) is 0 Å². The highest BCUT2D eigenvalue weighted by molar-refractivity contribution is 5.95. The predicted molar refractivity (Wildman–Crippen MR) is 83.8 cm³/mol. The minimum absolute atomic E-state index is 0.138. The number of carbonyl (C=O) groups is 2. The topological polar surface area (TPSA) is 55.8 Å². The second kappa shape index (κ2) is 7.94. The molecule has 0 aromatic heterocycles. The number of esters is 1. The molecule has 1 aliphatic heterocycles. The van der Waals surface area contributed by atoms with Crippen molar-refractivity contribution in [1.82, 2.24) is 0 Å². The van der Waals surface area contributed by atoms with Crippen LogP contribution >= 0.6 is 0 Å². The van der Waals surface area contributed by atoms with Crippen LogP contribution in [-0.2, 0) is 25.5 Å². The van der Waals surface area contributed by atoms with Crippen molar-refractivity contribution >= 4 is 17.6 Å². The Morgan fingerprint density at radius 2 is 1.95 bits per heavy atom. The van der Waals surface area contributed by atoms with E-state index in [-0.39, 0.29) is 31.0 Å². The molecule has 1 aliphatic rings. The molecule has 22 heavy (non-hydrogen) atoms. The fourth-order valence-electron chi connectivity index (χ4n) is 2.37. The number of amides is 1. The molecule has 0 aliphatic carbocycles. The highest BCUT2D eigenvalue weighted by atomic mass is 16.6. The molecule has 1 saturated heterocycles. The van der Waals surface area contributed by atoms with Crippen LogP contribution in [0, 0.1) is 0 Å². The lowest BCUT2D eigenvalue weighted by Gasteiger charge is -2.15. The molecule has 5 heteroatoms. The van der Waals surface area contributed by atoms with Gasteiger partial charge in [0, 0.05) is 18.7 Å². The summed E-state index contributed by atoms with van der Waals surface area (Å²) in [4.78, 5) is 25.2. The number of nitrogens with zero attached hydrogens (tertiary/aromatic N) is 1. The number of anilines is 1. The highest BCUT2D eigenvalue weighted by Gasteiger charge is 2.21. The molecular weight excluding hydrogens is 282 g/mol. The van der Waals surface area contributed by atoms with Gasteiger partial charge in [0.05, 0.1) is 19.1 Å². The zero-order valence-electron chi connectivity index (χ0n) is 13.2. The largest absolute Gasteiger partial charge is 0.463 e. The Labute approximate surface area is 131 Å². The number of hydrogen-bond acceptors (Lipinski definition) is 4. The summed E-state index contributed by atoms with van der Waals surface area (Å²) in [5.74, 6) is -0.102. The minimum atomic E-state index is -0.266. The van der Waals surface area contributed by atoms with Gasteiger partial charge in [-0.15, -0.1) is 0 Å². The maximum Gasteiger partial charge on any atom is 0.310 e. The summed E-state index contributed by atoms with van der Waals surface area (Å²) in [6.45, 7) is 5.34.